The van der Waals surface area contributed by atoms with Gasteiger partial charge in [0.25, 0.3) is 0 Å². The summed E-state index contributed by atoms with van der Waals surface area (Å²) in [4.78, 5) is 8.87. The molecule has 0 spiro atoms. The molecule has 3 nitrogen and oxygen atoms in total. The lowest BCUT2D eigenvalue weighted by atomic mass is 10.2. The van der Waals surface area contributed by atoms with Gasteiger partial charge in [-0.1, -0.05) is 44.0 Å². The first-order valence-corrected chi connectivity index (χ1v) is 7.37. The van der Waals surface area contributed by atoms with Crippen molar-refractivity contribution < 1.29 is 4.74 Å². The standard InChI is InChI=1S/C16H19ClN2O/c1-3-6-13-11-15(17)19-16(18-13)12-7-5-8-14(10-12)20-9-4-2/h5,7-8,10-11H,3-4,6,9H2,1-2H3. The van der Waals surface area contributed by atoms with Gasteiger partial charge in [0.15, 0.2) is 5.82 Å². The minimum atomic E-state index is 0.485. The van der Waals surface area contributed by atoms with Crippen molar-refractivity contribution in [3.8, 4) is 17.1 Å². The summed E-state index contributed by atoms with van der Waals surface area (Å²) in [5.41, 5.74) is 1.90. The molecule has 0 radical (unpaired) electrons. The highest BCUT2D eigenvalue weighted by Gasteiger charge is 2.07. The highest BCUT2D eigenvalue weighted by molar-refractivity contribution is 6.29. The van der Waals surface area contributed by atoms with Crippen molar-refractivity contribution in [2.24, 2.45) is 0 Å². The van der Waals surface area contributed by atoms with E-state index in [4.69, 9.17) is 16.3 Å². The van der Waals surface area contributed by atoms with E-state index in [1.54, 1.807) is 0 Å². The minimum Gasteiger partial charge on any atom is -0.494 e. The van der Waals surface area contributed by atoms with Crippen LogP contribution in [0.5, 0.6) is 5.75 Å². The summed E-state index contributed by atoms with van der Waals surface area (Å²) < 4.78 is 5.64. The number of nitrogens with zero attached hydrogens (tertiary/aromatic N) is 2. The van der Waals surface area contributed by atoms with Crippen molar-refractivity contribution in [3.63, 3.8) is 0 Å². The normalized spacial score (nSPS) is 10.6. The maximum atomic E-state index is 6.08. The van der Waals surface area contributed by atoms with E-state index in [2.05, 4.69) is 23.8 Å². The molecule has 0 aliphatic heterocycles. The van der Waals surface area contributed by atoms with E-state index in [9.17, 15) is 0 Å². The van der Waals surface area contributed by atoms with Crippen LogP contribution in [-0.2, 0) is 6.42 Å². The fourth-order valence-electron chi connectivity index (χ4n) is 1.92. The molecule has 0 unspecified atom stereocenters. The van der Waals surface area contributed by atoms with Gasteiger partial charge in [0.1, 0.15) is 10.9 Å². The lowest BCUT2D eigenvalue weighted by Gasteiger charge is -2.08. The van der Waals surface area contributed by atoms with Gasteiger partial charge in [0, 0.05) is 11.3 Å². The van der Waals surface area contributed by atoms with Gasteiger partial charge in [0.2, 0.25) is 0 Å². The fraction of sp³-hybridized carbons (Fsp3) is 0.375. The Kier molecular flexibility index (Phi) is 5.36. The van der Waals surface area contributed by atoms with Crippen molar-refractivity contribution in [1.82, 2.24) is 9.97 Å². The van der Waals surface area contributed by atoms with Gasteiger partial charge in [-0.05, 0) is 31.0 Å². The third-order valence-electron chi connectivity index (χ3n) is 2.82. The van der Waals surface area contributed by atoms with Gasteiger partial charge >= 0.3 is 0 Å². The van der Waals surface area contributed by atoms with Crippen molar-refractivity contribution >= 4 is 11.6 Å². The monoisotopic (exact) mass is 290 g/mol. The first-order valence-electron chi connectivity index (χ1n) is 6.99. The molecule has 0 fully saturated rings. The number of ether oxygens (including phenoxy) is 1. The Morgan fingerprint density at radius 3 is 2.70 bits per heavy atom. The topological polar surface area (TPSA) is 35.0 Å². The zero-order chi connectivity index (χ0) is 14.4. The van der Waals surface area contributed by atoms with E-state index in [0.29, 0.717) is 17.6 Å². The lowest BCUT2D eigenvalue weighted by molar-refractivity contribution is 0.317. The van der Waals surface area contributed by atoms with Crippen LogP contribution in [0.1, 0.15) is 32.4 Å². The number of halogens is 1. The van der Waals surface area contributed by atoms with Crippen LogP contribution < -0.4 is 4.74 Å². The summed E-state index contributed by atoms with van der Waals surface area (Å²) in [6.07, 6.45) is 2.92. The zero-order valence-corrected chi connectivity index (χ0v) is 12.7. The van der Waals surface area contributed by atoms with Crippen molar-refractivity contribution in [3.05, 3.63) is 41.2 Å². The second-order valence-corrected chi connectivity index (χ2v) is 5.02. The third kappa shape index (κ3) is 3.94. The van der Waals surface area contributed by atoms with Crippen LogP contribution in [0, 0.1) is 0 Å². The molecule has 0 aliphatic rings. The molecule has 106 valence electrons. The Balaban J connectivity index is 2.30. The SMILES string of the molecule is CCCOc1cccc(-c2nc(Cl)cc(CCC)n2)c1. The number of benzene rings is 1. The van der Waals surface area contributed by atoms with E-state index >= 15 is 0 Å². The van der Waals surface area contributed by atoms with Crippen molar-refractivity contribution in [2.45, 2.75) is 33.1 Å². The smallest absolute Gasteiger partial charge is 0.161 e. The second kappa shape index (κ2) is 7.25. The summed E-state index contributed by atoms with van der Waals surface area (Å²) in [5.74, 6) is 1.49. The Morgan fingerprint density at radius 2 is 1.95 bits per heavy atom. The van der Waals surface area contributed by atoms with Crippen molar-refractivity contribution in [2.75, 3.05) is 6.61 Å². The predicted octanol–water partition coefficient (Wildman–Crippen LogP) is 4.54. The fourth-order valence-corrected chi connectivity index (χ4v) is 2.13. The summed E-state index contributed by atoms with van der Waals surface area (Å²) >= 11 is 6.08. The number of aryl methyl sites for hydroxylation is 1. The van der Waals surface area contributed by atoms with Crippen LogP contribution >= 0.6 is 11.6 Å². The summed E-state index contributed by atoms with van der Waals surface area (Å²) in [6, 6.07) is 9.64. The largest absolute Gasteiger partial charge is 0.494 e. The molecule has 0 atom stereocenters. The van der Waals surface area contributed by atoms with Crippen LogP contribution in [0.2, 0.25) is 5.15 Å². The first-order chi connectivity index (χ1) is 9.72. The molecule has 2 rings (SSSR count). The maximum Gasteiger partial charge on any atom is 0.161 e. The number of aromatic nitrogens is 2. The van der Waals surface area contributed by atoms with E-state index in [-0.39, 0.29) is 0 Å². The highest BCUT2D eigenvalue weighted by atomic mass is 35.5. The van der Waals surface area contributed by atoms with E-state index in [0.717, 1.165) is 36.3 Å². The molecule has 0 amide bonds. The van der Waals surface area contributed by atoms with Gasteiger partial charge in [0.05, 0.1) is 6.61 Å². The predicted molar refractivity (Wildman–Crippen MR) is 82.3 cm³/mol. The van der Waals surface area contributed by atoms with E-state index in [1.165, 1.54) is 0 Å². The molecular formula is C16H19ClN2O. The molecular weight excluding hydrogens is 272 g/mol. The van der Waals surface area contributed by atoms with Gasteiger partial charge in [-0.3, -0.25) is 0 Å². The van der Waals surface area contributed by atoms with Crippen LogP contribution in [0.4, 0.5) is 0 Å². The van der Waals surface area contributed by atoms with Gasteiger partial charge < -0.3 is 4.74 Å². The number of rotatable bonds is 6. The molecule has 1 heterocycles. The van der Waals surface area contributed by atoms with Crippen molar-refractivity contribution in [1.29, 1.82) is 0 Å². The third-order valence-corrected chi connectivity index (χ3v) is 3.01. The number of hydrogen-bond acceptors (Lipinski definition) is 3. The van der Waals surface area contributed by atoms with Crippen LogP contribution in [0.25, 0.3) is 11.4 Å². The first kappa shape index (κ1) is 14.8. The van der Waals surface area contributed by atoms with Crippen LogP contribution in [-0.4, -0.2) is 16.6 Å². The summed E-state index contributed by atoms with van der Waals surface area (Å²) in [6.45, 7) is 4.91. The minimum absolute atomic E-state index is 0.485. The summed E-state index contributed by atoms with van der Waals surface area (Å²) in [5, 5.41) is 0.485. The molecule has 0 N–H and O–H groups in total. The average Bonchev–Trinajstić information content (AvgIpc) is 2.45. The summed E-state index contributed by atoms with van der Waals surface area (Å²) in [7, 11) is 0. The molecule has 4 heteroatoms. The average molecular weight is 291 g/mol. The Labute approximate surface area is 125 Å². The molecule has 1 aromatic carbocycles. The quantitative estimate of drug-likeness (QED) is 0.733. The molecule has 0 bridgehead atoms. The molecule has 0 saturated heterocycles. The van der Waals surface area contributed by atoms with E-state index < -0.39 is 0 Å². The molecule has 1 aromatic heterocycles. The molecule has 20 heavy (non-hydrogen) atoms. The second-order valence-electron chi connectivity index (χ2n) is 4.63. The Morgan fingerprint density at radius 1 is 1.10 bits per heavy atom. The zero-order valence-electron chi connectivity index (χ0n) is 11.9. The molecule has 0 saturated carbocycles. The Bertz CT molecular complexity index is 572. The van der Waals surface area contributed by atoms with Crippen LogP contribution in [0.3, 0.4) is 0 Å². The molecule has 0 aliphatic carbocycles. The molecule has 2 aromatic rings. The highest BCUT2D eigenvalue weighted by Crippen LogP contribution is 2.23. The van der Waals surface area contributed by atoms with Gasteiger partial charge in [-0.15, -0.1) is 0 Å². The lowest BCUT2D eigenvalue weighted by Crippen LogP contribution is -1.98. The maximum absolute atomic E-state index is 6.08. The van der Waals surface area contributed by atoms with Crippen LogP contribution in [0.15, 0.2) is 30.3 Å². The van der Waals surface area contributed by atoms with Gasteiger partial charge in [-0.25, -0.2) is 9.97 Å². The van der Waals surface area contributed by atoms with E-state index in [1.807, 2.05) is 30.3 Å². The number of hydrogen-bond donors (Lipinski definition) is 0. The Hall–Kier alpha value is -1.61. The van der Waals surface area contributed by atoms with Gasteiger partial charge in [-0.2, -0.15) is 0 Å².